The second-order valence-electron chi connectivity index (χ2n) is 33.5. The highest BCUT2D eigenvalue weighted by Crippen LogP contribution is 2.48. The molecule has 0 bridgehead atoms. The Labute approximate surface area is 740 Å². The van der Waals surface area contributed by atoms with Gasteiger partial charge in [0.2, 0.25) is 0 Å². The summed E-state index contributed by atoms with van der Waals surface area (Å²) < 4.78 is 7.25. The van der Waals surface area contributed by atoms with Crippen LogP contribution in [-0.4, -0.2) is 43.1 Å². The van der Waals surface area contributed by atoms with Crippen LogP contribution in [0.1, 0.15) is 0 Å². The molecular weight excluding hydrogens is 1570 g/mol. The Morgan fingerprint density at radius 1 is 0.132 bits per heavy atom. The number of fused-ring (bicyclic) bond motifs is 21. The van der Waals surface area contributed by atoms with E-state index in [1.54, 1.807) is 0 Å². The molecule has 28 rings (SSSR count). The molecule has 9 nitrogen and oxygen atoms in total. The minimum Gasteiger partial charge on any atom is -0.308 e. The van der Waals surface area contributed by atoms with Crippen molar-refractivity contribution in [2.45, 2.75) is 0 Å². The summed E-state index contributed by atoms with van der Waals surface area (Å²) >= 11 is 0. The number of para-hydroxylation sites is 9. The van der Waals surface area contributed by atoms with Crippen molar-refractivity contribution in [1.82, 2.24) is 43.1 Å². The van der Waals surface area contributed by atoms with Crippen LogP contribution in [0.4, 0.5) is 0 Å². The number of hydrogen-bond acceptors (Lipinski definition) is 6. The monoisotopic (exact) mass is 1640 g/mol. The molecule has 598 valence electrons. The molecule has 0 saturated heterocycles. The second-order valence-corrected chi connectivity index (χ2v) is 33.5. The molecule has 129 heavy (non-hydrogen) atoms. The minimum absolute atomic E-state index is 0.733. The van der Waals surface area contributed by atoms with E-state index in [4.69, 9.17) is 29.9 Å². The van der Waals surface area contributed by atoms with Crippen LogP contribution in [0.2, 0.25) is 0 Å². The Kier molecular flexibility index (Phi) is 16.8. The normalized spacial score (nSPS) is 11.9. The fourth-order valence-electron chi connectivity index (χ4n) is 20.3. The molecule has 9 heteroatoms. The maximum absolute atomic E-state index is 5.29. The molecule has 0 aliphatic rings. The van der Waals surface area contributed by atoms with Gasteiger partial charge in [0.1, 0.15) is 0 Å². The third-order valence-corrected chi connectivity index (χ3v) is 26.2. The minimum atomic E-state index is 0.733. The van der Waals surface area contributed by atoms with E-state index in [0.717, 1.165) is 112 Å². The van der Waals surface area contributed by atoms with Gasteiger partial charge in [-0.15, -0.1) is 0 Å². The fourth-order valence-corrected chi connectivity index (χ4v) is 20.3. The lowest BCUT2D eigenvalue weighted by Crippen LogP contribution is -1.96. The van der Waals surface area contributed by atoms with Crippen LogP contribution in [0.15, 0.2) is 443 Å². The standard InChI is InChI=1S/C44H27N3.2C38H23N3/c1-2-10-28(11-3-1)29-18-20-30(21-19-29)31-22-24-32(25-23-31)42-36-14-4-7-15-39(36)45-44(46-42)33-26-37-34-12-5-8-16-40(34)47-41-17-9-6-13-35(41)38(27-33)43(37)47;1-2-11-24(12-3-1)36-30-17-4-7-18-33(30)39-38(40-36)26-14-10-13-25(21-26)27-22-31-28-15-5-8-19-34(28)41-35-20-9-6-16-29(35)32(23-27)37(31)41;1-2-12-24(13-3-1)36-30-18-6-9-19-33(30)39-38(40-36)29-17-5-4-14-26(29)25-22-31-27-15-7-10-20-34(27)41-35-21-11-8-16-28(35)32(23-25)37(31)41/h1-27H;2*1-23H. The summed E-state index contributed by atoms with van der Waals surface area (Å²) in [4.78, 5) is 30.8. The molecule has 28 aromatic rings. The van der Waals surface area contributed by atoms with Gasteiger partial charge in [0.25, 0.3) is 0 Å². The summed E-state index contributed by atoms with van der Waals surface area (Å²) in [7, 11) is 0. The molecule has 0 aliphatic carbocycles. The van der Waals surface area contributed by atoms with Gasteiger partial charge in [-0.3, -0.25) is 0 Å². The summed E-state index contributed by atoms with van der Waals surface area (Å²) in [5, 5.41) is 18.3. The van der Waals surface area contributed by atoms with Crippen molar-refractivity contribution in [3.63, 3.8) is 0 Å². The number of hydrogen-bond donors (Lipinski definition) is 0. The number of rotatable bonds is 10. The maximum Gasteiger partial charge on any atom is 0.161 e. The molecule has 0 amide bonds. The first-order valence-corrected chi connectivity index (χ1v) is 43.9. The molecule has 9 aromatic heterocycles. The van der Waals surface area contributed by atoms with Crippen LogP contribution in [0, 0.1) is 0 Å². The average Bonchev–Trinajstić information content (AvgIpc) is 1.55. The SMILES string of the molecule is c1ccc(-c2ccc(-c3ccc(-c4nc(-c5cc6c7ccccc7n7c8ccccc8c(c5)c67)nc5ccccc45)cc3)cc2)cc1.c1ccc(-c2nc(-c3cccc(-c4cc5c6ccccc6n6c7ccccc7c(c4)c56)c3)nc3ccccc23)cc1.c1ccc(-c2nc(-c3ccccc3-c3cc4c5ccccc5n5c6ccccc6c(c3)c45)nc3ccccc23)cc1. The van der Waals surface area contributed by atoms with Crippen molar-refractivity contribution in [2.24, 2.45) is 0 Å². The predicted octanol–water partition coefficient (Wildman–Crippen LogP) is 31.0. The number of benzene rings is 19. The Morgan fingerprint density at radius 3 is 0.760 bits per heavy atom. The van der Waals surface area contributed by atoms with Crippen LogP contribution < -0.4 is 0 Å². The summed E-state index contributed by atoms with van der Waals surface area (Å²) in [5.41, 5.74) is 32.7. The van der Waals surface area contributed by atoms with Crippen LogP contribution in [0.25, 0.3) is 259 Å². The maximum atomic E-state index is 5.29. The highest BCUT2D eigenvalue weighted by atomic mass is 14.9. The van der Waals surface area contributed by atoms with Gasteiger partial charge in [-0.2, -0.15) is 0 Å². The molecular formula is C120H73N9. The van der Waals surface area contributed by atoms with E-state index in [2.05, 4.69) is 426 Å². The van der Waals surface area contributed by atoms with Crippen LogP contribution >= 0.6 is 0 Å². The van der Waals surface area contributed by atoms with Gasteiger partial charge in [-0.25, -0.2) is 29.9 Å². The lowest BCUT2D eigenvalue weighted by atomic mass is 9.95. The molecule has 0 unspecified atom stereocenters. The average molecular weight is 1640 g/mol. The first-order valence-electron chi connectivity index (χ1n) is 43.9. The Bertz CT molecular complexity index is 9050. The third kappa shape index (κ3) is 11.9. The Morgan fingerprint density at radius 2 is 0.380 bits per heavy atom. The Hall–Kier alpha value is -17.4. The van der Waals surface area contributed by atoms with Gasteiger partial charge >= 0.3 is 0 Å². The summed E-state index contributed by atoms with van der Waals surface area (Å²) in [6.45, 7) is 0. The summed E-state index contributed by atoms with van der Waals surface area (Å²) in [6, 6.07) is 157. The third-order valence-electron chi connectivity index (χ3n) is 26.2. The molecule has 0 fully saturated rings. The molecule has 0 saturated carbocycles. The first-order chi connectivity index (χ1) is 64.0. The smallest absolute Gasteiger partial charge is 0.161 e. The quantitative estimate of drug-likeness (QED) is 0.135. The lowest BCUT2D eigenvalue weighted by molar-refractivity contribution is 1.23. The molecule has 0 aliphatic heterocycles. The van der Waals surface area contributed by atoms with E-state index in [-0.39, 0.29) is 0 Å². The van der Waals surface area contributed by atoms with Crippen LogP contribution in [-0.2, 0) is 0 Å². The van der Waals surface area contributed by atoms with Gasteiger partial charge in [-0.05, 0) is 142 Å². The highest BCUT2D eigenvalue weighted by molar-refractivity contribution is 6.28. The summed E-state index contributed by atoms with van der Waals surface area (Å²) in [6.07, 6.45) is 0. The van der Waals surface area contributed by atoms with E-state index >= 15 is 0 Å². The molecule has 0 N–H and O–H groups in total. The van der Waals surface area contributed by atoms with E-state index in [9.17, 15) is 0 Å². The van der Waals surface area contributed by atoms with Crippen molar-refractivity contribution >= 4 is 147 Å². The second kappa shape index (κ2) is 29.7. The van der Waals surface area contributed by atoms with Gasteiger partial charge in [0.05, 0.1) is 83.3 Å². The van der Waals surface area contributed by atoms with Crippen LogP contribution in [0.5, 0.6) is 0 Å². The highest BCUT2D eigenvalue weighted by Gasteiger charge is 2.26. The first kappa shape index (κ1) is 73.2. The molecule has 0 radical (unpaired) electrons. The fraction of sp³-hybridized carbons (Fsp3) is 0. The van der Waals surface area contributed by atoms with Crippen molar-refractivity contribution in [2.75, 3.05) is 0 Å². The van der Waals surface area contributed by atoms with Gasteiger partial charge in [-0.1, -0.05) is 346 Å². The topological polar surface area (TPSA) is 90.6 Å². The van der Waals surface area contributed by atoms with E-state index in [1.165, 1.54) is 148 Å². The van der Waals surface area contributed by atoms with Gasteiger partial charge in [0, 0.05) is 114 Å². The zero-order valence-corrected chi connectivity index (χ0v) is 69.7. The van der Waals surface area contributed by atoms with Crippen molar-refractivity contribution in [3.05, 3.63) is 443 Å². The van der Waals surface area contributed by atoms with E-state index < -0.39 is 0 Å². The Balaban J connectivity index is 0.000000102. The van der Waals surface area contributed by atoms with Gasteiger partial charge < -0.3 is 13.2 Å². The van der Waals surface area contributed by atoms with E-state index in [1.807, 2.05) is 30.3 Å². The van der Waals surface area contributed by atoms with Crippen LogP contribution in [0.3, 0.4) is 0 Å². The zero-order valence-electron chi connectivity index (χ0n) is 69.7. The van der Waals surface area contributed by atoms with Crippen molar-refractivity contribution in [3.8, 4) is 112 Å². The van der Waals surface area contributed by atoms with Gasteiger partial charge in [0.15, 0.2) is 17.5 Å². The van der Waals surface area contributed by atoms with E-state index in [0.29, 0.717) is 0 Å². The predicted molar refractivity (Wildman–Crippen MR) is 537 cm³/mol. The molecule has 19 aromatic carbocycles. The lowest BCUT2D eigenvalue weighted by Gasteiger charge is -2.13. The zero-order chi connectivity index (χ0) is 84.7. The molecule has 0 atom stereocenters. The van der Waals surface area contributed by atoms with Crippen molar-refractivity contribution < 1.29 is 0 Å². The van der Waals surface area contributed by atoms with Crippen molar-refractivity contribution in [1.29, 1.82) is 0 Å². The molecule has 0 spiro atoms. The number of nitrogens with zero attached hydrogens (tertiary/aromatic N) is 9. The molecule has 9 heterocycles. The largest absolute Gasteiger partial charge is 0.308 e. The summed E-state index contributed by atoms with van der Waals surface area (Å²) in [5.74, 6) is 2.20. The number of aromatic nitrogens is 9.